The molecule has 0 aliphatic carbocycles. The van der Waals surface area contributed by atoms with Gasteiger partial charge < -0.3 is 21.0 Å². The van der Waals surface area contributed by atoms with Crippen LogP contribution in [0.25, 0.3) is 0 Å². The molecule has 5 heteroatoms. The first-order valence-electron chi connectivity index (χ1n) is 5.94. The summed E-state index contributed by atoms with van der Waals surface area (Å²) >= 11 is 0. The lowest BCUT2D eigenvalue weighted by atomic mass is 10.1. The van der Waals surface area contributed by atoms with Crippen molar-refractivity contribution in [3.05, 3.63) is 29.3 Å². The summed E-state index contributed by atoms with van der Waals surface area (Å²) in [7, 11) is 1.56. The molecule has 0 heterocycles. The minimum Gasteiger partial charge on any atom is -0.496 e. The fraction of sp³-hybridized carbons (Fsp3) is 0.462. The van der Waals surface area contributed by atoms with Gasteiger partial charge in [-0.2, -0.15) is 0 Å². The number of amidine groups is 1. The summed E-state index contributed by atoms with van der Waals surface area (Å²) in [6.07, 6.45) is 0. The number of ether oxygens (including phenoxy) is 1. The molecule has 0 saturated carbocycles. The lowest BCUT2D eigenvalue weighted by Crippen LogP contribution is -2.19. The van der Waals surface area contributed by atoms with Gasteiger partial charge in [0.2, 0.25) is 0 Å². The predicted octanol–water partition coefficient (Wildman–Crippen LogP) is 1.54. The summed E-state index contributed by atoms with van der Waals surface area (Å²) in [5.74, 6) is 1.27. The van der Waals surface area contributed by atoms with Crippen LogP contribution in [0.4, 0.5) is 0 Å². The largest absolute Gasteiger partial charge is 0.496 e. The molecule has 1 aromatic carbocycles. The Morgan fingerprint density at radius 2 is 2.22 bits per heavy atom. The van der Waals surface area contributed by atoms with E-state index in [9.17, 15) is 0 Å². The smallest absolute Gasteiger partial charge is 0.173 e. The number of nitrogens with two attached hydrogens (primary N) is 1. The number of benzene rings is 1. The molecule has 0 amide bonds. The Morgan fingerprint density at radius 1 is 1.50 bits per heavy atom. The average Bonchev–Trinajstić information content (AvgIpc) is 2.37. The first-order chi connectivity index (χ1) is 8.58. The Morgan fingerprint density at radius 3 is 2.78 bits per heavy atom. The van der Waals surface area contributed by atoms with Gasteiger partial charge in [0.25, 0.3) is 0 Å². The van der Waals surface area contributed by atoms with Crippen molar-refractivity contribution < 1.29 is 9.94 Å². The van der Waals surface area contributed by atoms with Gasteiger partial charge in [0.1, 0.15) is 5.75 Å². The lowest BCUT2D eigenvalue weighted by Gasteiger charge is -2.11. The van der Waals surface area contributed by atoms with Crippen molar-refractivity contribution in [2.75, 3.05) is 13.7 Å². The van der Waals surface area contributed by atoms with Gasteiger partial charge in [-0.3, -0.25) is 0 Å². The molecule has 0 unspecified atom stereocenters. The quantitative estimate of drug-likeness (QED) is 0.310. The maximum atomic E-state index is 8.68. The fourth-order valence-electron chi connectivity index (χ4n) is 1.62. The molecule has 0 saturated heterocycles. The monoisotopic (exact) mass is 251 g/mol. The zero-order valence-corrected chi connectivity index (χ0v) is 11.1. The molecule has 18 heavy (non-hydrogen) atoms. The fourth-order valence-corrected chi connectivity index (χ4v) is 1.62. The second-order valence-corrected chi connectivity index (χ2v) is 4.54. The number of hydrogen-bond acceptors (Lipinski definition) is 4. The van der Waals surface area contributed by atoms with E-state index in [-0.39, 0.29) is 5.84 Å². The van der Waals surface area contributed by atoms with E-state index in [4.69, 9.17) is 15.7 Å². The Hall–Kier alpha value is -1.75. The molecule has 0 atom stereocenters. The third kappa shape index (κ3) is 3.92. The molecule has 100 valence electrons. The molecule has 4 N–H and O–H groups in total. The molecule has 0 radical (unpaired) electrons. The molecule has 1 aromatic rings. The summed E-state index contributed by atoms with van der Waals surface area (Å²) in [5.41, 5.74) is 7.25. The van der Waals surface area contributed by atoms with E-state index in [1.807, 2.05) is 12.1 Å². The lowest BCUT2D eigenvalue weighted by molar-refractivity contribution is 0.318. The Bertz CT molecular complexity index is 417. The van der Waals surface area contributed by atoms with Crippen molar-refractivity contribution in [1.82, 2.24) is 5.32 Å². The van der Waals surface area contributed by atoms with Crippen LogP contribution in [-0.2, 0) is 6.54 Å². The highest BCUT2D eigenvalue weighted by molar-refractivity contribution is 5.99. The normalized spacial score (nSPS) is 11.9. The van der Waals surface area contributed by atoms with Crippen LogP contribution in [0.1, 0.15) is 25.0 Å². The highest BCUT2D eigenvalue weighted by atomic mass is 16.5. The first kappa shape index (κ1) is 14.3. The van der Waals surface area contributed by atoms with Crippen molar-refractivity contribution in [2.45, 2.75) is 20.4 Å². The third-order valence-electron chi connectivity index (χ3n) is 2.53. The van der Waals surface area contributed by atoms with Gasteiger partial charge in [0, 0.05) is 6.54 Å². The minimum absolute atomic E-state index is 0.0496. The number of rotatable bonds is 6. The second kappa shape index (κ2) is 6.86. The summed E-state index contributed by atoms with van der Waals surface area (Å²) < 4.78 is 5.24. The van der Waals surface area contributed by atoms with Crippen molar-refractivity contribution in [1.29, 1.82) is 0 Å². The van der Waals surface area contributed by atoms with E-state index in [1.54, 1.807) is 13.2 Å². The molecular formula is C13H21N3O2. The van der Waals surface area contributed by atoms with Crippen LogP contribution in [0.15, 0.2) is 23.4 Å². The summed E-state index contributed by atoms with van der Waals surface area (Å²) in [6.45, 7) is 6.06. The van der Waals surface area contributed by atoms with Crippen LogP contribution >= 0.6 is 0 Å². The standard InChI is InChI=1S/C13H21N3O2/c1-9(2)7-15-8-10-4-5-11(13(14)16-17)12(6-10)18-3/h4-6,9,15,17H,7-8H2,1-3H3,(H2,14,16). The predicted molar refractivity (Wildman–Crippen MR) is 72.0 cm³/mol. The zero-order chi connectivity index (χ0) is 13.5. The van der Waals surface area contributed by atoms with Crippen LogP contribution in [0.2, 0.25) is 0 Å². The van der Waals surface area contributed by atoms with Crippen LogP contribution in [0.3, 0.4) is 0 Å². The van der Waals surface area contributed by atoms with E-state index >= 15 is 0 Å². The number of hydrogen-bond donors (Lipinski definition) is 3. The Balaban J connectivity index is 2.79. The van der Waals surface area contributed by atoms with Gasteiger partial charge in [-0.25, -0.2) is 0 Å². The number of oxime groups is 1. The first-order valence-corrected chi connectivity index (χ1v) is 5.94. The molecule has 0 aromatic heterocycles. The van der Waals surface area contributed by atoms with Gasteiger partial charge >= 0.3 is 0 Å². The molecule has 0 spiro atoms. The van der Waals surface area contributed by atoms with E-state index in [2.05, 4.69) is 24.3 Å². The van der Waals surface area contributed by atoms with Crippen LogP contribution in [0.5, 0.6) is 5.75 Å². The van der Waals surface area contributed by atoms with Gasteiger partial charge in [-0.05, 0) is 30.2 Å². The average molecular weight is 251 g/mol. The van der Waals surface area contributed by atoms with Crippen LogP contribution in [0, 0.1) is 5.92 Å². The molecule has 0 aliphatic heterocycles. The Labute approximate surface area is 108 Å². The van der Waals surface area contributed by atoms with Gasteiger partial charge in [-0.1, -0.05) is 25.1 Å². The molecule has 0 aliphatic rings. The van der Waals surface area contributed by atoms with Crippen molar-refractivity contribution in [3.63, 3.8) is 0 Å². The maximum absolute atomic E-state index is 8.68. The molecule has 0 fully saturated rings. The van der Waals surface area contributed by atoms with Crippen molar-refractivity contribution in [2.24, 2.45) is 16.8 Å². The summed E-state index contributed by atoms with van der Waals surface area (Å²) in [4.78, 5) is 0. The summed E-state index contributed by atoms with van der Waals surface area (Å²) in [5, 5.41) is 15.0. The molecular weight excluding hydrogens is 230 g/mol. The number of nitrogens with one attached hydrogen (secondary N) is 1. The van der Waals surface area contributed by atoms with Crippen LogP contribution < -0.4 is 15.8 Å². The highest BCUT2D eigenvalue weighted by Crippen LogP contribution is 2.20. The van der Waals surface area contributed by atoms with E-state index < -0.39 is 0 Å². The van der Waals surface area contributed by atoms with Gasteiger partial charge in [0.15, 0.2) is 5.84 Å². The SMILES string of the molecule is COc1cc(CNCC(C)C)ccc1/C(N)=N/O. The topological polar surface area (TPSA) is 79.9 Å². The molecule has 0 bridgehead atoms. The van der Waals surface area contributed by atoms with E-state index in [0.29, 0.717) is 17.2 Å². The number of methoxy groups -OCH3 is 1. The van der Waals surface area contributed by atoms with E-state index in [0.717, 1.165) is 18.7 Å². The van der Waals surface area contributed by atoms with Crippen LogP contribution in [-0.4, -0.2) is 24.7 Å². The third-order valence-corrected chi connectivity index (χ3v) is 2.53. The molecule has 5 nitrogen and oxygen atoms in total. The van der Waals surface area contributed by atoms with Crippen molar-refractivity contribution in [3.8, 4) is 5.75 Å². The summed E-state index contributed by atoms with van der Waals surface area (Å²) in [6, 6.07) is 5.62. The maximum Gasteiger partial charge on any atom is 0.173 e. The zero-order valence-electron chi connectivity index (χ0n) is 11.1. The Kier molecular flexibility index (Phi) is 5.45. The minimum atomic E-state index is 0.0496. The second-order valence-electron chi connectivity index (χ2n) is 4.54. The van der Waals surface area contributed by atoms with Gasteiger partial charge in [0.05, 0.1) is 12.7 Å². The number of nitrogens with zero attached hydrogens (tertiary/aromatic N) is 1. The van der Waals surface area contributed by atoms with E-state index in [1.165, 1.54) is 0 Å². The van der Waals surface area contributed by atoms with Crippen molar-refractivity contribution >= 4 is 5.84 Å². The highest BCUT2D eigenvalue weighted by Gasteiger charge is 2.08. The van der Waals surface area contributed by atoms with Gasteiger partial charge in [-0.15, -0.1) is 0 Å². The molecule has 1 rings (SSSR count).